The van der Waals surface area contributed by atoms with E-state index in [9.17, 15) is 0 Å². The number of fused-ring (bicyclic) bond motifs is 1. The van der Waals surface area contributed by atoms with Crippen LogP contribution in [0.5, 0.6) is 0 Å². The number of benzene rings is 1. The van der Waals surface area contributed by atoms with Crippen LogP contribution >= 0.6 is 0 Å². The summed E-state index contributed by atoms with van der Waals surface area (Å²) in [5, 5.41) is 4.30. The first kappa shape index (κ1) is 18.9. The Morgan fingerprint density at radius 3 is 2.33 bits per heavy atom. The minimum atomic E-state index is 0.344. The number of piperazine rings is 1. The van der Waals surface area contributed by atoms with Crippen LogP contribution in [0.15, 0.2) is 36.7 Å². The van der Waals surface area contributed by atoms with Gasteiger partial charge in [-0.05, 0) is 36.2 Å². The first-order valence-corrected chi connectivity index (χ1v) is 10.5. The van der Waals surface area contributed by atoms with E-state index in [-0.39, 0.29) is 0 Å². The minimum absolute atomic E-state index is 0.344. The standard InChI is InChI=1S/C22H28N8/c1-27-7-9-29(10-8-27)20-12-21(26-22(23)25-20)30-6-5-16-3-4-17(11-18(16)15-30)19-13-24-28(2)14-19/h3-4,11-14H,5-10,15H2,1-2H3,(H2,23,25,26). The van der Waals surface area contributed by atoms with Crippen LogP contribution in [-0.4, -0.2) is 64.4 Å². The predicted molar refractivity (Wildman–Crippen MR) is 120 cm³/mol. The Bertz CT molecular complexity index is 1050. The third-order valence-electron chi connectivity index (χ3n) is 6.12. The zero-order valence-electron chi connectivity index (χ0n) is 17.6. The molecule has 2 aliphatic rings. The van der Waals surface area contributed by atoms with Gasteiger partial charge in [0.2, 0.25) is 5.95 Å². The van der Waals surface area contributed by atoms with E-state index in [0.717, 1.165) is 62.9 Å². The molecule has 0 unspecified atom stereocenters. The molecular weight excluding hydrogens is 376 g/mol. The van der Waals surface area contributed by atoms with E-state index < -0.39 is 0 Å². The molecule has 0 saturated carbocycles. The van der Waals surface area contributed by atoms with Crippen molar-refractivity contribution in [2.75, 3.05) is 55.3 Å². The Balaban J connectivity index is 1.40. The maximum Gasteiger partial charge on any atom is 0.223 e. The van der Waals surface area contributed by atoms with Crippen LogP contribution in [-0.2, 0) is 20.0 Å². The van der Waals surface area contributed by atoms with Gasteiger partial charge in [-0.25, -0.2) is 0 Å². The second-order valence-electron chi connectivity index (χ2n) is 8.29. The fourth-order valence-electron chi connectivity index (χ4n) is 4.30. The highest BCUT2D eigenvalue weighted by molar-refractivity contribution is 5.64. The molecule has 8 nitrogen and oxygen atoms in total. The third-order valence-corrected chi connectivity index (χ3v) is 6.12. The predicted octanol–water partition coefficient (Wildman–Crippen LogP) is 1.77. The first-order chi connectivity index (χ1) is 14.5. The zero-order chi connectivity index (χ0) is 20.7. The maximum absolute atomic E-state index is 6.10. The van der Waals surface area contributed by atoms with Crippen LogP contribution in [0.4, 0.5) is 17.6 Å². The molecule has 1 aromatic carbocycles. The van der Waals surface area contributed by atoms with Crippen molar-refractivity contribution >= 4 is 17.6 Å². The second-order valence-corrected chi connectivity index (χ2v) is 8.29. The molecule has 0 bridgehead atoms. The van der Waals surface area contributed by atoms with Crippen molar-refractivity contribution in [3.63, 3.8) is 0 Å². The summed E-state index contributed by atoms with van der Waals surface area (Å²) in [6.07, 6.45) is 4.96. The van der Waals surface area contributed by atoms with Gasteiger partial charge in [-0.3, -0.25) is 4.68 Å². The fourth-order valence-corrected chi connectivity index (χ4v) is 4.30. The fraction of sp³-hybridized carbons (Fsp3) is 0.409. The van der Waals surface area contributed by atoms with Crippen LogP contribution < -0.4 is 15.5 Å². The van der Waals surface area contributed by atoms with Crippen molar-refractivity contribution in [1.29, 1.82) is 0 Å². The highest BCUT2D eigenvalue weighted by Crippen LogP contribution is 2.29. The summed E-state index contributed by atoms with van der Waals surface area (Å²) in [5.41, 5.74) is 11.2. The molecule has 8 heteroatoms. The number of rotatable bonds is 3. The number of aromatic nitrogens is 4. The Morgan fingerprint density at radius 2 is 1.60 bits per heavy atom. The number of anilines is 3. The van der Waals surface area contributed by atoms with Gasteiger partial charge in [0, 0.05) is 64.1 Å². The molecule has 2 N–H and O–H groups in total. The Morgan fingerprint density at radius 1 is 0.833 bits per heavy atom. The van der Waals surface area contributed by atoms with Crippen molar-refractivity contribution in [3.8, 4) is 11.1 Å². The third kappa shape index (κ3) is 3.70. The molecule has 0 radical (unpaired) electrons. The van der Waals surface area contributed by atoms with E-state index in [2.05, 4.69) is 67.3 Å². The molecule has 30 heavy (non-hydrogen) atoms. The number of nitrogens with zero attached hydrogens (tertiary/aromatic N) is 7. The van der Waals surface area contributed by atoms with E-state index in [0.29, 0.717) is 5.95 Å². The van der Waals surface area contributed by atoms with Crippen molar-refractivity contribution in [3.05, 3.63) is 47.8 Å². The average Bonchev–Trinajstić information content (AvgIpc) is 3.19. The van der Waals surface area contributed by atoms with E-state index >= 15 is 0 Å². The van der Waals surface area contributed by atoms with Gasteiger partial charge in [0.1, 0.15) is 11.6 Å². The highest BCUT2D eigenvalue weighted by Gasteiger charge is 2.22. The largest absolute Gasteiger partial charge is 0.368 e. The SMILES string of the molecule is CN1CCN(c2cc(N3CCc4ccc(-c5cnn(C)c5)cc4C3)nc(N)n2)CC1. The molecule has 1 fully saturated rings. The molecule has 0 aliphatic carbocycles. The number of aryl methyl sites for hydroxylation is 1. The molecule has 0 atom stereocenters. The molecule has 2 aliphatic heterocycles. The summed E-state index contributed by atoms with van der Waals surface area (Å²) in [6.45, 7) is 5.74. The topological polar surface area (TPSA) is 79.3 Å². The van der Waals surface area contributed by atoms with Gasteiger partial charge >= 0.3 is 0 Å². The Hall–Kier alpha value is -3.13. The lowest BCUT2D eigenvalue weighted by atomic mass is 9.95. The average molecular weight is 405 g/mol. The van der Waals surface area contributed by atoms with E-state index in [4.69, 9.17) is 5.73 Å². The molecule has 156 valence electrons. The summed E-state index contributed by atoms with van der Waals surface area (Å²) < 4.78 is 1.84. The van der Waals surface area contributed by atoms with Gasteiger partial charge in [-0.2, -0.15) is 15.1 Å². The van der Waals surface area contributed by atoms with Crippen molar-refractivity contribution < 1.29 is 0 Å². The summed E-state index contributed by atoms with van der Waals surface area (Å²) >= 11 is 0. The van der Waals surface area contributed by atoms with Crippen LogP contribution in [0.2, 0.25) is 0 Å². The molecule has 3 aromatic rings. The second kappa shape index (κ2) is 7.60. The Kier molecular flexibility index (Phi) is 4.78. The number of hydrogen-bond acceptors (Lipinski definition) is 7. The molecule has 2 aromatic heterocycles. The lowest BCUT2D eigenvalue weighted by Gasteiger charge is -2.34. The zero-order valence-corrected chi connectivity index (χ0v) is 17.6. The summed E-state index contributed by atoms with van der Waals surface area (Å²) in [4.78, 5) is 16.0. The van der Waals surface area contributed by atoms with E-state index in [1.54, 1.807) is 0 Å². The summed E-state index contributed by atoms with van der Waals surface area (Å²) in [6, 6.07) is 8.82. The lowest BCUT2D eigenvalue weighted by molar-refractivity contribution is 0.312. The number of nitrogens with two attached hydrogens (primary N) is 1. The molecule has 1 saturated heterocycles. The highest BCUT2D eigenvalue weighted by atomic mass is 15.3. The van der Waals surface area contributed by atoms with Crippen LogP contribution in [0.1, 0.15) is 11.1 Å². The van der Waals surface area contributed by atoms with Gasteiger partial charge in [-0.1, -0.05) is 12.1 Å². The normalized spacial score (nSPS) is 17.3. The summed E-state index contributed by atoms with van der Waals surface area (Å²) in [5.74, 6) is 2.19. The number of hydrogen-bond donors (Lipinski definition) is 1. The van der Waals surface area contributed by atoms with Crippen molar-refractivity contribution in [2.24, 2.45) is 7.05 Å². The number of nitrogen functional groups attached to an aromatic ring is 1. The summed E-state index contributed by atoms with van der Waals surface area (Å²) in [7, 11) is 4.10. The van der Waals surface area contributed by atoms with Gasteiger partial charge in [0.05, 0.1) is 6.20 Å². The monoisotopic (exact) mass is 404 g/mol. The quantitative estimate of drug-likeness (QED) is 0.713. The van der Waals surface area contributed by atoms with E-state index in [1.807, 2.05) is 17.9 Å². The Labute approximate surface area is 176 Å². The van der Waals surface area contributed by atoms with Crippen LogP contribution in [0.25, 0.3) is 11.1 Å². The first-order valence-electron chi connectivity index (χ1n) is 10.5. The molecule has 5 rings (SSSR count). The van der Waals surface area contributed by atoms with Gasteiger partial charge in [0.15, 0.2) is 0 Å². The van der Waals surface area contributed by atoms with Crippen molar-refractivity contribution in [2.45, 2.75) is 13.0 Å². The maximum atomic E-state index is 6.10. The molecule has 0 spiro atoms. The number of likely N-dealkylation sites (N-methyl/N-ethyl adjacent to an activating group) is 1. The van der Waals surface area contributed by atoms with Crippen LogP contribution in [0.3, 0.4) is 0 Å². The smallest absolute Gasteiger partial charge is 0.223 e. The van der Waals surface area contributed by atoms with E-state index in [1.165, 1.54) is 16.7 Å². The minimum Gasteiger partial charge on any atom is -0.368 e. The van der Waals surface area contributed by atoms with Gasteiger partial charge in [0.25, 0.3) is 0 Å². The lowest BCUT2D eigenvalue weighted by Crippen LogP contribution is -2.45. The van der Waals surface area contributed by atoms with Gasteiger partial charge < -0.3 is 20.4 Å². The molecule has 0 amide bonds. The van der Waals surface area contributed by atoms with Crippen LogP contribution in [0, 0.1) is 0 Å². The molecule has 4 heterocycles. The molecular formula is C22H28N8. The van der Waals surface area contributed by atoms with Gasteiger partial charge in [-0.15, -0.1) is 0 Å². The van der Waals surface area contributed by atoms with Crippen molar-refractivity contribution in [1.82, 2.24) is 24.6 Å².